The molecule has 1 aromatic heterocycles. The molecule has 65 heavy (non-hydrogen) atoms. The molecule has 9 N–H and O–H groups in total. The molecule has 356 valence electrons. The monoisotopic (exact) mass is 921 g/mol. The number of allylic oxidation sites excluding steroid dienone is 3. The SMILES string of the molecule is C=O.CCc1ccc(COC(O)C(CCCc2cc(OC)c(OCCC/C=C/C(C=O)=C\NC)cc2NC=O)NC=O)cc1.CN.CNc1ccc2sc(C(=O)N(C)C)cc2c1.NC=O. The maximum Gasteiger partial charge on any atom is 0.263 e. The van der Waals surface area contributed by atoms with Gasteiger partial charge in [0.1, 0.15) is 6.79 Å². The third-order valence-electron chi connectivity index (χ3n) is 9.00. The van der Waals surface area contributed by atoms with Gasteiger partial charge in [0.25, 0.3) is 5.91 Å². The van der Waals surface area contributed by atoms with Gasteiger partial charge >= 0.3 is 0 Å². The molecule has 18 heteroatoms. The van der Waals surface area contributed by atoms with Gasteiger partial charge in [0.15, 0.2) is 24.1 Å². The zero-order chi connectivity index (χ0) is 49.0. The zero-order valence-corrected chi connectivity index (χ0v) is 39.3. The van der Waals surface area contributed by atoms with Gasteiger partial charge in [-0.15, -0.1) is 11.3 Å². The van der Waals surface area contributed by atoms with Gasteiger partial charge in [-0.25, -0.2) is 0 Å². The number of hydrogen-bond acceptors (Lipinski definition) is 14. The van der Waals surface area contributed by atoms with Crippen molar-refractivity contribution < 1.29 is 48.1 Å². The molecule has 0 aliphatic heterocycles. The normalized spacial score (nSPS) is 11.2. The summed E-state index contributed by atoms with van der Waals surface area (Å²) in [6.07, 6.45) is 10.2. The number of aliphatic hydroxyl groups is 1. The van der Waals surface area contributed by atoms with Crippen LogP contribution in [0.5, 0.6) is 11.5 Å². The summed E-state index contributed by atoms with van der Waals surface area (Å²) < 4.78 is 18.2. The van der Waals surface area contributed by atoms with E-state index in [1.54, 1.807) is 51.5 Å². The summed E-state index contributed by atoms with van der Waals surface area (Å²) >= 11 is 1.53. The summed E-state index contributed by atoms with van der Waals surface area (Å²) in [6.45, 7) is 4.71. The Labute approximate surface area is 386 Å². The van der Waals surface area contributed by atoms with Crippen LogP contribution in [-0.2, 0) is 48.2 Å². The van der Waals surface area contributed by atoms with Crippen LogP contribution in [0.25, 0.3) is 10.1 Å². The van der Waals surface area contributed by atoms with Crippen LogP contribution in [0, 0.1) is 0 Å². The van der Waals surface area contributed by atoms with E-state index in [9.17, 15) is 24.3 Å². The van der Waals surface area contributed by atoms with Gasteiger partial charge in [-0.1, -0.05) is 43.3 Å². The highest BCUT2D eigenvalue weighted by Crippen LogP contribution is 2.35. The Morgan fingerprint density at radius 3 is 2.18 bits per heavy atom. The molecule has 0 spiro atoms. The van der Waals surface area contributed by atoms with Crippen molar-refractivity contribution >= 4 is 71.0 Å². The Morgan fingerprint density at radius 1 is 0.938 bits per heavy atom. The van der Waals surface area contributed by atoms with Crippen LogP contribution in [0.3, 0.4) is 0 Å². The first-order valence-electron chi connectivity index (χ1n) is 20.6. The van der Waals surface area contributed by atoms with Crippen molar-refractivity contribution in [3.8, 4) is 11.5 Å². The van der Waals surface area contributed by atoms with Gasteiger partial charge in [0.05, 0.1) is 31.2 Å². The number of nitrogens with two attached hydrogens (primary N) is 2. The minimum Gasteiger partial charge on any atom is -0.493 e. The van der Waals surface area contributed by atoms with E-state index in [1.165, 1.54) is 23.9 Å². The first-order chi connectivity index (χ1) is 31.5. The number of nitrogens with one attached hydrogen (secondary N) is 4. The third-order valence-corrected chi connectivity index (χ3v) is 10.1. The Kier molecular flexibility index (Phi) is 32.2. The van der Waals surface area contributed by atoms with E-state index in [2.05, 4.69) is 45.7 Å². The number of unbranched alkanes of at least 4 members (excludes halogenated alkanes) is 1. The van der Waals surface area contributed by atoms with Crippen molar-refractivity contribution in [2.45, 2.75) is 64.4 Å². The Balaban J connectivity index is 0.00000146. The second-order valence-electron chi connectivity index (χ2n) is 13.5. The van der Waals surface area contributed by atoms with Crippen LogP contribution in [0.15, 0.2) is 84.6 Å². The lowest BCUT2D eigenvalue weighted by Gasteiger charge is -2.23. The van der Waals surface area contributed by atoms with E-state index in [4.69, 9.17) is 23.8 Å². The number of primary amides is 1. The lowest BCUT2D eigenvalue weighted by Crippen LogP contribution is -2.40. The van der Waals surface area contributed by atoms with Gasteiger partial charge < -0.3 is 61.7 Å². The number of rotatable bonds is 24. The highest BCUT2D eigenvalue weighted by atomic mass is 32.1. The molecule has 0 aliphatic carbocycles. The minimum atomic E-state index is -1.18. The van der Waals surface area contributed by atoms with E-state index >= 15 is 0 Å². The Hall–Kier alpha value is -6.60. The fraction of sp³-hybridized carbons (Fsp3) is 0.362. The van der Waals surface area contributed by atoms with Gasteiger partial charge in [-0.3, -0.25) is 24.0 Å². The number of carbonyl (C=O) groups is 6. The Morgan fingerprint density at radius 2 is 1.62 bits per heavy atom. The second-order valence-corrected chi connectivity index (χ2v) is 14.6. The molecule has 0 aliphatic rings. The maximum absolute atomic E-state index is 11.8. The number of methoxy groups -OCH3 is 1. The number of amides is 4. The predicted octanol–water partition coefficient (Wildman–Crippen LogP) is 4.95. The van der Waals surface area contributed by atoms with Crippen LogP contribution < -0.4 is 42.2 Å². The minimum absolute atomic E-state index is 0.0622. The molecule has 3 aromatic carbocycles. The number of aryl methyl sites for hydroxylation is 2. The van der Waals surface area contributed by atoms with Crippen LogP contribution in [0.1, 0.15) is 59.0 Å². The van der Waals surface area contributed by atoms with Crippen molar-refractivity contribution in [1.82, 2.24) is 15.5 Å². The highest BCUT2D eigenvalue weighted by molar-refractivity contribution is 7.20. The zero-order valence-electron chi connectivity index (χ0n) is 38.5. The van der Waals surface area contributed by atoms with Crippen molar-refractivity contribution in [2.24, 2.45) is 11.5 Å². The summed E-state index contributed by atoms with van der Waals surface area (Å²) in [4.78, 5) is 64.2. The smallest absolute Gasteiger partial charge is 0.263 e. The van der Waals surface area contributed by atoms with E-state index in [1.807, 2.05) is 68.4 Å². The molecule has 2 unspecified atom stereocenters. The molecule has 17 nitrogen and oxygen atoms in total. The molecule has 2 atom stereocenters. The molecule has 4 amide bonds. The topological polar surface area (TPSA) is 254 Å². The summed E-state index contributed by atoms with van der Waals surface area (Å²) in [5.41, 5.74) is 13.8. The molecule has 0 bridgehead atoms. The number of thiophene rings is 1. The van der Waals surface area contributed by atoms with Crippen molar-refractivity contribution in [3.63, 3.8) is 0 Å². The molecule has 0 saturated heterocycles. The second kappa shape index (κ2) is 35.8. The molecule has 0 fully saturated rings. The highest BCUT2D eigenvalue weighted by Gasteiger charge is 2.20. The number of ether oxygens (including phenoxy) is 3. The lowest BCUT2D eigenvalue weighted by atomic mass is 10.0. The van der Waals surface area contributed by atoms with Crippen molar-refractivity contribution in [3.05, 3.63) is 106 Å². The molecule has 4 rings (SSSR count). The van der Waals surface area contributed by atoms with Crippen LogP contribution in [-0.4, -0.2) is 110 Å². The third kappa shape index (κ3) is 22.0. The standard InChI is InChI=1S/C32H43N3O7.C12H14N2OS.CH3NO.CH5N.CH2O/c1-4-24-12-14-25(15-13-24)21-42-32(39)28(34-22-37)11-8-10-27-17-30(40-3)31(18-29(27)35-23-38)41-16-7-5-6-9-26(20-36)19-33-2;1-13-9-4-5-10-8(6-9)7-11(16-10)12(15)14(2)3;2-1-3;2*1-2/h6,9,12-15,17-20,22-23,28,32-33,39H,4-5,7-8,10-11,16,21H2,1-3H3,(H,34,37)(H,35,38);4-7,13H,1-3H3;1H,(H2,2,3);2H2,1H3;1H2/b9-6+,26-19+;;;;. The number of fused-ring (bicyclic) bond motifs is 1. The molecule has 1 heterocycles. The van der Waals surface area contributed by atoms with Crippen LogP contribution >= 0.6 is 11.3 Å². The molecule has 4 aromatic rings. The van der Waals surface area contributed by atoms with E-state index < -0.39 is 12.3 Å². The quantitative estimate of drug-likeness (QED) is 0.0162. The average Bonchev–Trinajstić information content (AvgIpc) is 3.77. The van der Waals surface area contributed by atoms with Gasteiger partial charge in [-0.05, 0) is 98.0 Å². The number of hydrogen-bond donors (Lipinski definition) is 7. The first-order valence-corrected chi connectivity index (χ1v) is 21.4. The van der Waals surface area contributed by atoms with E-state index in [0.717, 1.165) is 44.5 Å². The van der Waals surface area contributed by atoms with Gasteiger partial charge in [0.2, 0.25) is 19.2 Å². The van der Waals surface area contributed by atoms with Crippen LogP contribution in [0.4, 0.5) is 11.4 Å². The number of nitrogens with zero attached hydrogens (tertiary/aromatic N) is 1. The molecular weight excluding hydrogens is 855 g/mol. The maximum atomic E-state index is 11.8. The lowest BCUT2D eigenvalue weighted by molar-refractivity contribution is -0.135. The van der Waals surface area contributed by atoms with E-state index in [0.29, 0.717) is 74.3 Å². The Bertz CT molecular complexity index is 2040. The molecule has 0 radical (unpaired) electrons. The largest absolute Gasteiger partial charge is 0.493 e. The summed E-state index contributed by atoms with van der Waals surface area (Å²) in [7, 11) is 10.2. The summed E-state index contributed by atoms with van der Waals surface area (Å²) in [6, 6.07) is 19.0. The van der Waals surface area contributed by atoms with E-state index in [-0.39, 0.29) is 18.9 Å². The van der Waals surface area contributed by atoms with Gasteiger partial charge in [-0.2, -0.15) is 0 Å². The van der Waals surface area contributed by atoms with Crippen molar-refractivity contribution in [2.75, 3.05) is 59.6 Å². The summed E-state index contributed by atoms with van der Waals surface area (Å²) in [5, 5.41) is 23.0. The number of benzene rings is 3. The van der Waals surface area contributed by atoms with Crippen molar-refractivity contribution in [1.29, 1.82) is 0 Å². The van der Waals surface area contributed by atoms with Crippen LogP contribution in [0.2, 0.25) is 0 Å². The number of aliphatic hydroxyl groups excluding tert-OH is 1. The first kappa shape index (κ1) is 58.4. The average molecular weight is 922 g/mol. The molecular formula is C47H67N7O10S. The fourth-order valence-corrected chi connectivity index (χ4v) is 6.84. The summed E-state index contributed by atoms with van der Waals surface area (Å²) in [5.74, 6) is 1.08. The number of anilines is 2. The molecule has 0 saturated carbocycles. The number of aldehydes is 1. The number of carbonyl (C=O) groups excluding carboxylic acids is 6. The van der Waals surface area contributed by atoms with Gasteiger partial charge in [0, 0.05) is 62.1 Å². The predicted molar refractivity (Wildman–Crippen MR) is 259 cm³/mol. The fourth-order valence-electron chi connectivity index (χ4n) is 5.77.